The number of rotatable bonds is 6. The Labute approximate surface area is 175 Å². The summed E-state index contributed by atoms with van der Waals surface area (Å²) in [7, 11) is 1.60. The topological polar surface area (TPSA) is 115 Å². The van der Waals surface area contributed by atoms with E-state index in [2.05, 4.69) is 20.5 Å². The fraction of sp³-hybridized carbons (Fsp3) is 0.524. The van der Waals surface area contributed by atoms with Crippen LogP contribution in [-0.4, -0.2) is 52.4 Å². The highest BCUT2D eigenvalue weighted by atomic mass is 16.6. The van der Waals surface area contributed by atoms with Gasteiger partial charge in [-0.1, -0.05) is 0 Å². The van der Waals surface area contributed by atoms with Crippen molar-refractivity contribution in [3.8, 4) is 0 Å². The third-order valence-electron chi connectivity index (χ3n) is 4.59. The maximum Gasteiger partial charge on any atom is 0.407 e. The maximum absolute atomic E-state index is 12.8. The summed E-state index contributed by atoms with van der Waals surface area (Å²) in [6.45, 7) is 8.17. The van der Waals surface area contributed by atoms with Gasteiger partial charge < -0.3 is 19.5 Å². The fourth-order valence-corrected chi connectivity index (χ4v) is 3.22. The molecule has 30 heavy (non-hydrogen) atoms. The van der Waals surface area contributed by atoms with E-state index in [1.54, 1.807) is 19.4 Å². The van der Waals surface area contributed by atoms with Crippen LogP contribution in [0.2, 0.25) is 0 Å². The number of ether oxygens (including phenoxy) is 3. The molecule has 1 aliphatic rings. The second-order valence-corrected chi connectivity index (χ2v) is 8.42. The van der Waals surface area contributed by atoms with Gasteiger partial charge in [0, 0.05) is 30.8 Å². The number of ketones is 1. The first-order chi connectivity index (χ1) is 14.2. The van der Waals surface area contributed by atoms with Gasteiger partial charge in [-0.15, -0.1) is 0 Å². The third kappa shape index (κ3) is 5.43. The first-order valence-electron chi connectivity index (χ1n) is 9.81. The normalized spacial score (nSPS) is 19.0. The van der Waals surface area contributed by atoms with Crippen molar-refractivity contribution < 1.29 is 23.8 Å². The summed E-state index contributed by atoms with van der Waals surface area (Å²) in [5, 5.41) is 9.77. The molecule has 1 aliphatic heterocycles. The summed E-state index contributed by atoms with van der Waals surface area (Å²) in [5.41, 5.74) is 2.64. The van der Waals surface area contributed by atoms with Gasteiger partial charge in [0.2, 0.25) is 5.78 Å². The van der Waals surface area contributed by atoms with E-state index in [0.29, 0.717) is 24.3 Å². The van der Waals surface area contributed by atoms with E-state index in [0.717, 1.165) is 11.3 Å². The summed E-state index contributed by atoms with van der Waals surface area (Å²) in [4.78, 5) is 29.0. The van der Waals surface area contributed by atoms with Gasteiger partial charge in [0.05, 0.1) is 24.6 Å². The number of methoxy groups -OCH3 is 1. The van der Waals surface area contributed by atoms with Crippen molar-refractivity contribution in [2.24, 2.45) is 0 Å². The molecule has 3 rings (SSSR count). The molecule has 0 aromatic carbocycles. The van der Waals surface area contributed by atoms with Gasteiger partial charge in [0.15, 0.2) is 0 Å². The molecule has 2 aromatic rings. The van der Waals surface area contributed by atoms with Gasteiger partial charge in [-0.3, -0.25) is 14.9 Å². The molecule has 0 radical (unpaired) electrons. The SMILES string of the molecule is COCc1cc(C)c(C(=O)c2cc(C3CC(OC(=O)NC(C)(C)C)CO3)[nH]n2)cn1. The minimum Gasteiger partial charge on any atom is -0.444 e. The van der Waals surface area contributed by atoms with Gasteiger partial charge >= 0.3 is 6.09 Å². The molecular formula is C21H28N4O5. The number of pyridine rings is 1. The number of amides is 1. The van der Waals surface area contributed by atoms with Crippen LogP contribution in [0.25, 0.3) is 0 Å². The molecule has 0 spiro atoms. The Bertz CT molecular complexity index is 918. The zero-order chi connectivity index (χ0) is 21.9. The Morgan fingerprint density at radius 1 is 1.33 bits per heavy atom. The lowest BCUT2D eigenvalue weighted by Gasteiger charge is -2.21. The van der Waals surface area contributed by atoms with Crippen LogP contribution >= 0.6 is 0 Å². The molecule has 2 N–H and O–H groups in total. The van der Waals surface area contributed by atoms with Crippen LogP contribution in [0.1, 0.15) is 66.3 Å². The molecule has 1 saturated heterocycles. The van der Waals surface area contributed by atoms with Gasteiger partial charge in [0.1, 0.15) is 17.9 Å². The molecule has 0 bridgehead atoms. The van der Waals surface area contributed by atoms with Crippen LogP contribution in [0.15, 0.2) is 18.3 Å². The van der Waals surface area contributed by atoms with Crippen LogP contribution < -0.4 is 5.32 Å². The third-order valence-corrected chi connectivity index (χ3v) is 4.59. The molecule has 9 nitrogen and oxygen atoms in total. The number of H-pyrrole nitrogens is 1. The van der Waals surface area contributed by atoms with E-state index in [-0.39, 0.29) is 35.8 Å². The first kappa shape index (κ1) is 21.9. The molecule has 9 heteroatoms. The number of hydrogen-bond acceptors (Lipinski definition) is 7. The van der Waals surface area contributed by atoms with E-state index in [4.69, 9.17) is 14.2 Å². The van der Waals surface area contributed by atoms with E-state index < -0.39 is 6.09 Å². The predicted octanol–water partition coefficient (Wildman–Crippen LogP) is 2.85. The van der Waals surface area contributed by atoms with Gasteiger partial charge in [-0.05, 0) is 45.4 Å². The molecule has 2 atom stereocenters. The van der Waals surface area contributed by atoms with Crippen molar-refractivity contribution in [2.45, 2.75) is 58.5 Å². The number of aromatic amines is 1. The zero-order valence-corrected chi connectivity index (χ0v) is 17.9. The summed E-state index contributed by atoms with van der Waals surface area (Å²) < 4.78 is 16.2. The molecule has 162 valence electrons. The van der Waals surface area contributed by atoms with Crippen LogP contribution in [0.3, 0.4) is 0 Å². The molecule has 1 fully saturated rings. The molecule has 0 aliphatic carbocycles. The van der Waals surface area contributed by atoms with Crippen molar-refractivity contribution in [1.82, 2.24) is 20.5 Å². The Balaban J connectivity index is 1.63. The van der Waals surface area contributed by atoms with Crippen LogP contribution in [0, 0.1) is 6.92 Å². The zero-order valence-electron chi connectivity index (χ0n) is 17.9. The number of nitrogens with zero attached hydrogens (tertiary/aromatic N) is 2. The van der Waals surface area contributed by atoms with Crippen molar-refractivity contribution >= 4 is 11.9 Å². The standard InChI is InChI=1S/C21H28N4O5/c1-12-6-13(10-28-5)22-9-15(12)19(26)17-8-16(24-25-17)18-7-14(11-29-18)30-20(27)23-21(2,3)4/h6,8-9,14,18H,7,10-11H2,1-5H3,(H,23,27)(H,24,25). The average molecular weight is 416 g/mol. The number of aromatic nitrogens is 3. The van der Waals surface area contributed by atoms with Crippen LogP contribution in [0.5, 0.6) is 0 Å². The Kier molecular flexibility index (Phi) is 6.52. The van der Waals surface area contributed by atoms with E-state index in [1.807, 2.05) is 33.8 Å². The Morgan fingerprint density at radius 3 is 2.77 bits per heavy atom. The number of alkyl carbamates (subject to hydrolysis) is 1. The molecule has 2 unspecified atom stereocenters. The number of hydrogen-bond donors (Lipinski definition) is 2. The van der Waals surface area contributed by atoms with Gasteiger partial charge in [-0.25, -0.2) is 4.79 Å². The van der Waals surface area contributed by atoms with Crippen molar-refractivity contribution in [1.29, 1.82) is 0 Å². The molecule has 3 heterocycles. The van der Waals surface area contributed by atoms with Crippen molar-refractivity contribution in [3.63, 3.8) is 0 Å². The number of carbonyl (C=O) groups excluding carboxylic acids is 2. The number of aryl methyl sites for hydroxylation is 1. The average Bonchev–Trinajstić information content (AvgIpc) is 3.29. The summed E-state index contributed by atoms with van der Waals surface area (Å²) >= 11 is 0. The van der Waals surface area contributed by atoms with E-state index in [9.17, 15) is 9.59 Å². The van der Waals surface area contributed by atoms with E-state index in [1.165, 1.54) is 0 Å². The predicted molar refractivity (Wildman–Crippen MR) is 108 cm³/mol. The lowest BCUT2D eigenvalue weighted by Crippen LogP contribution is -2.42. The highest BCUT2D eigenvalue weighted by molar-refractivity contribution is 6.08. The lowest BCUT2D eigenvalue weighted by atomic mass is 10.0. The van der Waals surface area contributed by atoms with Crippen molar-refractivity contribution in [3.05, 3.63) is 46.5 Å². The number of nitrogens with one attached hydrogen (secondary N) is 2. The Hall–Kier alpha value is -2.78. The maximum atomic E-state index is 12.8. The van der Waals surface area contributed by atoms with Gasteiger partial charge in [0.25, 0.3) is 0 Å². The minimum atomic E-state index is -0.475. The molecule has 0 saturated carbocycles. The quantitative estimate of drug-likeness (QED) is 0.696. The molecular weight excluding hydrogens is 388 g/mol. The monoisotopic (exact) mass is 416 g/mol. The lowest BCUT2D eigenvalue weighted by molar-refractivity contribution is 0.0661. The smallest absolute Gasteiger partial charge is 0.407 e. The fourth-order valence-electron chi connectivity index (χ4n) is 3.22. The number of carbonyl (C=O) groups is 2. The Morgan fingerprint density at radius 2 is 2.10 bits per heavy atom. The second kappa shape index (κ2) is 8.93. The van der Waals surface area contributed by atoms with Gasteiger partial charge in [-0.2, -0.15) is 5.10 Å². The summed E-state index contributed by atoms with van der Waals surface area (Å²) in [6, 6.07) is 3.50. The molecule has 2 aromatic heterocycles. The molecule has 1 amide bonds. The highest BCUT2D eigenvalue weighted by Crippen LogP contribution is 2.30. The van der Waals surface area contributed by atoms with Crippen LogP contribution in [0.4, 0.5) is 4.79 Å². The highest BCUT2D eigenvalue weighted by Gasteiger charge is 2.32. The largest absolute Gasteiger partial charge is 0.444 e. The van der Waals surface area contributed by atoms with Crippen molar-refractivity contribution in [2.75, 3.05) is 13.7 Å². The minimum absolute atomic E-state index is 0.221. The van der Waals surface area contributed by atoms with Crippen LogP contribution in [-0.2, 0) is 20.8 Å². The summed E-state index contributed by atoms with van der Waals surface area (Å²) in [6.07, 6.45) is 0.871. The van der Waals surface area contributed by atoms with E-state index >= 15 is 0 Å². The first-order valence-corrected chi connectivity index (χ1v) is 9.81. The second-order valence-electron chi connectivity index (χ2n) is 8.42. The summed E-state index contributed by atoms with van der Waals surface area (Å²) in [5.74, 6) is -0.221.